The summed E-state index contributed by atoms with van der Waals surface area (Å²) in [6.45, 7) is 0. The molecule has 23 heavy (non-hydrogen) atoms. The van der Waals surface area contributed by atoms with E-state index in [0.717, 1.165) is 37.0 Å². The molecule has 0 saturated carbocycles. The first-order valence-electron chi connectivity index (χ1n) is 6.82. The van der Waals surface area contributed by atoms with Crippen LogP contribution in [-0.2, 0) is 13.5 Å². The molecule has 0 bridgehead atoms. The molecule has 1 aromatic carbocycles. The summed E-state index contributed by atoms with van der Waals surface area (Å²) in [5.41, 5.74) is 2.22. The van der Waals surface area contributed by atoms with Crippen LogP contribution in [0.5, 0.6) is 0 Å². The molecule has 4 rings (SSSR count). The van der Waals surface area contributed by atoms with Crippen LogP contribution in [0.2, 0.25) is 5.02 Å². The highest BCUT2D eigenvalue weighted by Gasteiger charge is 2.13. The molecule has 116 valence electrons. The molecule has 0 spiro atoms. The molecule has 0 saturated heterocycles. The quantitative estimate of drug-likeness (QED) is 0.507. The van der Waals surface area contributed by atoms with Crippen molar-refractivity contribution in [1.82, 2.24) is 19.7 Å². The van der Waals surface area contributed by atoms with Gasteiger partial charge in [0.25, 0.3) is 0 Å². The maximum atomic E-state index is 6.03. The van der Waals surface area contributed by atoms with Crippen molar-refractivity contribution in [2.24, 2.45) is 7.05 Å². The minimum absolute atomic E-state index is 0.731. The van der Waals surface area contributed by atoms with Crippen molar-refractivity contribution < 1.29 is 0 Å². The van der Waals surface area contributed by atoms with Gasteiger partial charge in [0, 0.05) is 18.5 Å². The Morgan fingerprint density at radius 3 is 3.00 bits per heavy atom. The van der Waals surface area contributed by atoms with E-state index in [-0.39, 0.29) is 0 Å². The minimum Gasteiger partial charge on any atom is -0.309 e. The number of rotatable bonds is 4. The standard InChI is InChI=1S/C15H11ClN4S3/c1-20-13(6-9-4-5-21-8-9)18-19-14(20)23-15-17-11-3-2-10(16)7-12(11)22-15/h2-5,7-8H,6H2,1H3. The van der Waals surface area contributed by atoms with Crippen LogP contribution in [0.1, 0.15) is 11.4 Å². The molecule has 0 unspecified atom stereocenters. The first-order valence-corrected chi connectivity index (χ1v) is 9.78. The predicted molar refractivity (Wildman–Crippen MR) is 96.9 cm³/mol. The third kappa shape index (κ3) is 3.14. The second kappa shape index (κ2) is 6.24. The lowest BCUT2D eigenvalue weighted by atomic mass is 10.2. The summed E-state index contributed by atoms with van der Waals surface area (Å²) in [6, 6.07) is 7.86. The first-order chi connectivity index (χ1) is 11.2. The molecule has 8 heteroatoms. The topological polar surface area (TPSA) is 43.6 Å². The molecule has 0 aliphatic heterocycles. The van der Waals surface area contributed by atoms with Crippen molar-refractivity contribution in [1.29, 1.82) is 0 Å². The molecule has 4 nitrogen and oxygen atoms in total. The number of halogens is 1. The monoisotopic (exact) mass is 378 g/mol. The van der Waals surface area contributed by atoms with Crippen molar-refractivity contribution in [3.8, 4) is 0 Å². The maximum Gasteiger partial charge on any atom is 0.198 e. The van der Waals surface area contributed by atoms with E-state index in [1.165, 1.54) is 17.3 Å². The number of thiophene rings is 1. The molecule has 3 heterocycles. The number of hydrogen-bond donors (Lipinski definition) is 0. The molecule has 0 radical (unpaired) electrons. The van der Waals surface area contributed by atoms with Gasteiger partial charge in [-0.2, -0.15) is 11.3 Å². The smallest absolute Gasteiger partial charge is 0.198 e. The summed E-state index contributed by atoms with van der Waals surface area (Å²) >= 11 is 10.9. The van der Waals surface area contributed by atoms with Crippen LogP contribution in [0.3, 0.4) is 0 Å². The molecular formula is C15H11ClN4S3. The minimum atomic E-state index is 0.731. The number of benzene rings is 1. The van der Waals surface area contributed by atoms with E-state index < -0.39 is 0 Å². The highest BCUT2D eigenvalue weighted by molar-refractivity contribution is 8.01. The third-order valence-electron chi connectivity index (χ3n) is 3.38. The Labute approximate surface area is 150 Å². The summed E-state index contributed by atoms with van der Waals surface area (Å²) in [6.07, 6.45) is 0.795. The average molecular weight is 379 g/mol. The molecule has 0 N–H and O–H groups in total. The Bertz CT molecular complexity index is 959. The van der Waals surface area contributed by atoms with E-state index >= 15 is 0 Å². The Morgan fingerprint density at radius 1 is 1.26 bits per heavy atom. The Hall–Kier alpha value is -1.41. The largest absolute Gasteiger partial charge is 0.309 e. The molecule has 3 aromatic heterocycles. The fraction of sp³-hybridized carbons (Fsp3) is 0.133. The fourth-order valence-electron chi connectivity index (χ4n) is 2.16. The average Bonchev–Trinajstić information content (AvgIpc) is 3.24. The van der Waals surface area contributed by atoms with Crippen molar-refractivity contribution >= 4 is 56.3 Å². The van der Waals surface area contributed by atoms with Crippen LogP contribution in [0, 0.1) is 0 Å². The van der Waals surface area contributed by atoms with Gasteiger partial charge in [0.2, 0.25) is 0 Å². The molecule has 4 aromatic rings. The molecule has 0 fully saturated rings. The zero-order valence-corrected chi connectivity index (χ0v) is 15.3. The number of aromatic nitrogens is 4. The number of fused-ring (bicyclic) bond motifs is 1. The van der Waals surface area contributed by atoms with Crippen LogP contribution < -0.4 is 0 Å². The lowest BCUT2D eigenvalue weighted by Gasteiger charge is -2.01. The van der Waals surface area contributed by atoms with Gasteiger partial charge in [0.05, 0.1) is 10.2 Å². The summed E-state index contributed by atoms with van der Waals surface area (Å²) in [5, 5.41) is 14.4. The Morgan fingerprint density at radius 2 is 2.17 bits per heavy atom. The van der Waals surface area contributed by atoms with Gasteiger partial charge in [-0.15, -0.1) is 21.5 Å². The van der Waals surface area contributed by atoms with Crippen molar-refractivity contribution in [2.75, 3.05) is 0 Å². The van der Waals surface area contributed by atoms with Crippen LogP contribution in [0.4, 0.5) is 0 Å². The van der Waals surface area contributed by atoms with Crippen molar-refractivity contribution in [3.05, 3.63) is 51.4 Å². The highest BCUT2D eigenvalue weighted by atomic mass is 35.5. The van der Waals surface area contributed by atoms with Gasteiger partial charge in [-0.3, -0.25) is 0 Å². The lowest BCUT2D eigenvalue weighted by molar-refractivity contribution is 0.749. The predicted octanol–water partition coefficient (Wildman–Crippen LogP) is 4.88. The summed E-state index contributed by atoms with van der Waals surface area (Å²) in [7, 11) is 1.99. The summed E-state index contributed by atoms with van der Waals surface area (Å²) < 4.78 is 4.06. The van der Waals surface area contributed by atoms with Gasteiger partial charge >= 0.3 is 0 Å². The van der Waals surface area contributed by atoms with Crippen molar-refractivity contribution in [2.45, 2.75) is 15.9 Å². The number of hydrogen-bond acceptors (Lipinski definition) is 6. The van der Waals surface area contributed by atoms with Gasteiger partial charge in [-0.1, -0.05) is 11.6 Å². The van der Waals surface area contributed by atoms with E-state index in [0.29, 0.717) is 0 Å². The summed E-state index contributed by atoms with van der Waals surface area (Å²) in [4.78, 5) is 4.62. The molecule has 0 aliphatic rings. The van der Waals surface area contributed by atoms with E-state index in [1.807, 2.05) is 29.8 Å². The fourth-order valence-corrected chi connectivity index (χ4v) is 5.09. The van der Waals surface area contributed by atoms with E-state index in [1.54, 1.807) is 22.7 Å². The molecular weight excluding hydrogens is 368 g/mol. The van der Waals surface area contributed by atoms with Gasteiger partial charge in [-0.05, 0) is 52.4 Å². The van der Waals surface area contributed by atoms with Gasteiger partial charge in [0.1, 0.15) is 5.82 Å². The zero-order chi connectivity index (χ0) is 15.8. The Balaban J connectivity index is 1.59. The highest BCUT2D eigenvalue weighted by Crippen LogP contribution is 2.34. The van der Waals surface area contributed by atoms with Crippen molar-refractivity contribution in [3.63, 3.8) is 0 Å². The second-order valence-electron chi connectivity index (χ2n) is 4.96. The maximum absolute atomic E-state index is 6.03. The van der Waals surface area contributed by atoms with Gasteiger partial charge in [0.15, 0.2) is 9.50 Å². The van der Waals surface area contributed by atoms with Crippen LogP contribution >= 0.6 is 46.0 Å². The molecule has 0 amide bonds. The van der Waals surface area contributed by atoms with Gasteiger partial charge in [-0.25, -0.2) is 4.98 Å². The number of nitrogens with zero attached hydrogens (tertiary/aromatic N) is 4. The van der Waals surface area contributed by atoms with Gasteiger partial charge < -0.3 is 4.57 Å². The molecule has 0 atom stereocenters. The SMILES string of the molecule is Cn1c(Cc2ccsc2)nnc1Sc1nc2ccc(Cl)cc2s1. The third-order valence-corrected chi connectivity index (χ3v) is 6.46. The lowest BCUT2D eigenvalue weighted by Crippen LogP contribution is -1.99. The van der Waals surface area contributed by atoms with E-state index in [4.69, 9.17) is 11.6 Å². The second-order valence-corrected chi connectivity index (χ2v) is 8.42. The first kappa shape index (κ1) is 15.1. The summed E-state index contributed by atoms with van der Waals surface area (Å²) in [5.74, 6) is 0.954. The van der Waals surface area contributed by atoms with E-state index in [9.17, 15) is 0 Å². The van der Waals surface area contributed by atoms with Crippen LogP contribution in [0.25, 0.3) is 10.2 Å². The normalized spacial score (nSPS) is 11.4. The van der Waals surface area contributed by atoms with Crippen LogP contribution in [0.15, 0.2) is 44.5 Å². The molecule has 0 aliphatic carbocycles. The zero-order valence-electron chi connectivity index (χ0n) is 12.1. The van der Waals surface area contributed by atoms with Crippen LogP contribution in [-0.4, -0.2) is 19.7 Å². The van der Waals surface area contributed by atoms with E-state index in [2.05, 4.69) is 32.0 Å². The Kier molecular flexibility index (Phi) is 4.11. The number of thiazole rings is 1.